The van der Waals surface area contributed by atoms with Crippen LogP contribution in [0.5, 0.6) is 0 Å². The van der Waals surface area contributed by atoms with Crippen LogP contribution in [-0.4, -0.2) is 48.6 Å². The monoisotopic (exact) mass is 305 g/mol. The lowest BCUT2D eigenvalue weighted by Crippen LogP contribution is -2.34. The fraction of sp³-hybridized carbons (Fsp3) is 0.375. The maximum atomic E-state index is 13.0. The lowest BCUT2D eigenvalue weighted by molar-refractivity contribution is -0.129. The number of aromatic nitrogens is 1. The molecule has 0 aliphatic carbocycles. The molecular formula is C16H20FN3O2. The highest BCUT2D eigenvalue weighted by Crippen LogP contribution is 2.26. The van der Waals surface area contributed by atoms with Crippen LogP contribution in [-0.2, 0) is 11.3 Å². The Hall–Kier alpha value is -2.21. The number of halogens is 1. The van der Waals surface area contributed by atoms with Gasteiger partial charge in [0.05, 0.1) is 6.54 Å². The number of rotatable bonds is 5. The molecular weight excluding hydrogens is 285 g/mol. The van der Waals surface area contributed by atoms with Crippen molar-refractivity contribution in [2.24, 2.45) is 0 Å². The van der Waals surface area contributed by atoms with Crippen molar-refractivity contribution in [3.63, 3.8) is 0 Å². The first-order chi connectivity index (χ1) is 10.4. The molecule has 5 nitrogen and oxygen atoms in total. The van der Waals surface area contributed by atoms with Crippen molar-refractivity contribution in [2.75, 3.05) is 27.7 Å². The maximum absolute atomic E-state index is 13.0. The van der Waals surface area contributed by atoms with Gasteiger partial charge in [0.2, 0.25) is 5.91 Å². The summed E-state index contributed by atoms with van der Waals surface area (Å²) in [5.74, 6) is 0.368. The molecule has 1 aromatic heterocycles. The van der Waals surface area contributed by atoms with Gasteiger partial charge in [0.25, 0.3) is 0 Å². The van der Waals surface area contributed by atoms with E-state index in [4.69, 9.17) is 4.52 Å². The van der Waals surface area contributed by atoms with Crippen molar-refractivity contribution in [3.05, 3.63) is 41.3 Å². The Labute approximate surface area is 129 Å². The zero-order valence-electron chi connectivity index (χ0n) is 13.3. The van der Waals surface area contributed by atoms with Crippen LogP contribution in [0.2, 0.25) is 0 Å². The van der Waals surface area contributed by atoms with E-state index in [-0.39, 0.29) is 11.7 Å². The zero-order valence-corrected chi connectivity index (χ0v) is 13.3. The SMILES string of the molecule is Cc1c(CN(C)CC(=O)N(C)C)noc1-c1ccc(F)cc1. The van der Waals surface area contributed by atoms with Gasteiger partial charge in [-0.25, -0.2) is 4.39 Å². The van der Waals surface area contributed by atoms with Crippen LogP contribution in [0.4, 0.5) is 4.39 Å². The highest BCUT2D eigenvalue weighted by Gasteiger charge is 2.16. The predicted octanol–water partition coefficient (Wildman–Crippen LogP) is 2.31. The molecule has 0 atom stereocenters. The van der Waals surface area contributed by atoms with Gasteiger partial charge in [-0.1, -0.05) is 5.16 Å². The van der Waals surface area contributed by atoms with Crippen LogP contribution >= 0.6 is 0 Å². The van der Waals surface area contributed by atoms with E-state index >= 15 is 0 Å². The van der Waals surface area contributed by atoms with Crippen molar-refractivity contribution in [2.45, 2.75) is 13.5 Å². The molecule has 0 saturated heterocycles. The van der Waals surface area contributed by atoms with Crippen molar-refractivity contribution in [1.29, 1.82) is 0 Å². The van der Waals surface area contributed by atoms with Gasteiger partial charge in [-0.2, -0.15) is 0 Å². The Morgan fingerprint density at radius 2 is 1.86 bits per heavy atom. The fourth-order valence-electron chi connectivity index (χ4n) is 2.07. The normalized spacial score (nSPS) is 11.0. The first kappa shape index (κ1) is 16.2. The zero-order chi connectivity index (χ0) is 16.3. The smallest absolute Gasteiger partial charge is 0.236 e. The van der Waals surface area contributed by atoms with E-state index in [1.54, 1.807) is 31.1 Å². The first-order valence-electron chi connectivity index (χ1n) is 6.98. The van der Waals surface area contributed by atoms with Crippen LogP contribution in [0.3, 0.4) is 0 Å². The molecule has 2 aromatic rings. The summed E-state index contributed by atoms with van der Waals surface area (Å²) in [5, 5.41) is 4.07. The highest BCUT2D eigenvalue weighted by molar-refractivity contribution is 5.77. The summed E-state index contributed by atoms with van der Waals surface area (Å²) in [6.07, 6.45) is 0. The van der Waals surface area contributed by atoms with Crippen molar-refractivity contribution in [3.8, 4) is 11.3 Å². The number of benzene rings is 1. The minimum Gasteiger partial charge on any atom is -0.356 e. The number of hydrogen-bond donors (Lipinski definition) is 0. The Balaban J connectivity index is 2.11. The van der Waals surface area contributed by atoms with Gasteiger partial charge in [-0.15, -0.1) is 0 Å². The Morgan fingerprint density at radius 1 is 1.23 bits per heavy atom. The molecule has 22 heavy (non-hydrogen) atoms. The summed E-state index contributed by atoms with van der Waals surface area (Å²) >= 11 is 0. The van der Waals surface area contributed by atoms with Gasteiger partial charge in [0, 0.05) is 31.8 Å². The van der Waals surface area contributed by atoms with E-state index in [1.807, 2.05) is 18.9 Å². The Kier molecular flexibility index (Phi) is 4.92. The molecule has 6 heteroatoms. The molecule has 118 valence electrons. The standard InChI is InChI=1S/C16H20FN3O2/c1-11-14(9-20(4)10-15(21)19(2)3)18-22-16(11)12-5-7-13(17)8-6-12/h5-8H,9-10H2,1-4H3. The number of amides is 1. The molecule has 2 rings (SSSR count). The second-order valence-electron chi connectivity index (χ2n) is 5.55. The number of carbonyl (C=O) groups excluding carboxylic acids is 1. The molecule has 0 spiro atoms. The number of carbonyl (C=O) groups is 1. The molecule has 0 fully saturated rings. The van der Waals surface area contributed by atoms with E-state index in [9.17, 15) is 9.18 Å². The van der Waals surface area contributed by atoms with E-state index in [0.29, 0.717) is 18.8 Å². The second kappa shape index (κ2) is 6.70. The molecule has 0 N–H and O–H groups in total. The summed E-state index contributed by atoms with van der Waals surface area (Å²) in [7, 11) is 5.31. The summed E-state index contributed by atoms with van der Waals surface area (Å²) in [6.45, 7) is 2.73. The van der Waals surface area contributed by atoms with Gasteiger partial charge in [-0.3, -0.25) is 9.69 Å². The largest absolute Gasteiger partial charge is 0.356 e. The van der Waals surface area contributed by atoms with E-state index in [2.05, 4.69) is 5.16 Å². The quantitative estimate of drug-likeness (QED) is 0.850. The predicted molar refractivity (Wildman–Crippen MR) is 81.7 cm³/mol. The third-order valence-electron chi connectivity index (χ3n) is 3.45. The minimum atomic E-state index is -0.289. The molecule has 0 radical (unpaired) electrons. The lowest BCUT2D eigenvalue weighted by atomic mass is 10.1. The topological polar surface area (TPSA) is 49.6 Å². The molecule has 1 aromatic carbocycles. The summed E-state index contributed by atoms with van der Waals surface area (Å²) in [6, 6.07) is 6.09. The van der Waals surface area contributed by atoms with Gasteiger partial charge < -0.3 is 9.42 Å². The van der Waals surface area contributed by atoms with Crippen LogP contribution in [0.1, 0.15) is 11.3 Å². The van der Waals surface area contributed by atoms with Gasteiger partial charge >= 0.3 is 0 Å². The average molecular weight is 305 g/mol. The number of hydrogen-bond acceptors (Lipinski definition) is 4. The highest BCUT2D eigenvalue weighted by atomic mass is 19.1. The third-order valence-corrected chi connectivity index (χ3v) is 3.45. The Bertz CT molecular complexity index is 650. The van der Waals surface area contributed by atoms with E-state index in [1.165, 1.54) is 12.1 Å². The Morgan fingerprint density at radius 3 is 2.45 bits per heavy atom. The second-order valence-corrected chi connectivity index (χ2v) is 5.55. The van der Waals surface area contributed by atoms with E-state index in [0.717, 1.165) is 16.8 Å². The summed E-state index contributed by atoms with van der Waals surface area (Å²) in [5.41, 5.74) is 2.45. The van der Waals surface area contributed by atoms with Crippen molar-refractivity contribution in [1.82, 2.24) is 15.0 Å². The summed E-state index contributed by atoms with van der Waals surface area (Å²) < 4.78 is 18.4. The molecule has 0 bridgehead atoms. The lowest BCUT2D eigenvalue weighted by Gasteiger charge is -2.17. The molecule has 1 amide bonds. The molecule has 0 aliphatic rings. The van der Waals surface area contributed by atoms with Crippen LogP contribution in [0, 0.1) is 12.7 Å². The number of nitrogens with zero attached hydrogens (tertiary/aromatic N) is 3. The molecule has 0 saturated carbocycles. The van der Waals surface area contributed by atoms with Crippen LogP contribution in [0.15, 0.2) is 28.8 Å². The third kappa shape index (κ3) is 3.71. The fourth-order valence-corrected chi connectivity index (χ4v) is 2.07. The van der Waals surface area contributed by atoms with Gasteiger partial charge in [0.15, 0.2) is 5.76 Å². The summed E-state index contributed by atoms with van der Waals surface area (Å²) in [4.78, 5) is 15.1. The first-order valence-corrected chi connectivity index (χ1v) is 6.98. The molecule has 0 aliphatic heterocycles. The average Bonchev–Trinajstić information content (AvgIpc) is 2.81. The van der Waals surface area contributed by atoms with Crippen molar-refractivity contribution < 1.29 is 13.7 Å². The van der Waals surface area contributed by atoms with Gasteiger partial charge in [0.1, 0.15) is 11.5 Å². The number of likely N-dealkylation sites (N-methyl/N-ethyl adjacent to an activating group) is 2. The van der Waals surface area contributed by atoms with E-state index < -0.39 is 0 Å². The van der Waals surface area contributed by atoms with Crippen LogP contribution < -0.4 is 0 Å². The maximum Gasteiger partial charge on any atom is 0.236 e. The molecule has 0 unspecified atom stereocenters. The van der Waals surface area contributed by atoms with Crippen LogP contribution in [0.25, 0.3) is 11.3 Å². The molecule has 1 heterocycles. The van der Waals surface area contributed by atoms with Crippen molar-refractivity contribution >= 4 is 5.91 Å². The van der Waals surface area contributed by atoms with Gasteiger partial charge in [-0.05, 0) is 38.2 Å². The minimum absolute atomic E-state index is 0.0300.